The van der Waals surface area contributed by atoms with Crippen LogP contribution in [0.15, 0.2) is 18.2 Å². The molecule has 4 nitrogen and oxygen atoms in total. The molecule has 4 heteroatoms. The summed E-state index contributed by atoms with van der Waals surface area (Å²) >= 11 is 0. The van der Waals surface area contributed by atoms with Crippen molar-refractivity contribution >= 4 is 11.9 Å². The Kier molecular flexibility index (Phi) is 6.92. The Morgan fingerprint density at radius 2 is 1.76 bits per heavy atom. The van der Waals surface area contributed by atoms with Crippen LogP contribution in [-0.4, -0.2) is 18.5 Å². The summed E-state index contributed by atoms with van der Waals surface area (Å²) in [6.45, 7) is 8.27. The number of hydrogen-bond acceptors (Lipinski definition) is 4. The zero-order chi connectivity index (χ0) is 15.8. The van der Waals surface area contributed by atoms with Gasteiger partial charge < -0.3 is 9.47 Å². The number of rotatable bonds is 7. The molecule has 0 fully saturated rings. The topological polar surface area (TPSA) is 52.6 Å². The molecule has 116 valence electrons. The Balaban J connectivity index is 2.31. The predicted octanol–water partition coefficient (Wildman–Crippen LogP) is 3.58. The Labute approximate surface area is 126 Å². The third-order valence-corrected chi connectivity index (χ3v) is 3.12. The zero-order valence-corrected chi connectivity index (χ0v) is 13.3. The summed E-state index contributed by atoms with van der Waals surface area (Å²) in [6, 6.07) is 5.60. The van der Waals surface area contributed by atoms with Gasteiger partial charge in [-0.3, -0.25) is 9.59 Å². The van der Waals surface area contributed by atoms with Crippen LogP contribution in [0.2, 0.25) is 0 Å². The molecule has 0 aromatic heterocycles. The van der Waals surface area contributed by atoms with Gasteiger partial charge in [0.25, 0.3) is 0 Å². The fraction of sp³-hybridized carbons (Fsp3) is 0.529. The van der Waals surface area contributed by atoms with Crippen molar-refractivity contribution in [3.8, 4) is 5.75 Å². The highest BCUT2D eigenvalue weighted by atomic mass is 16.5. The first kappa shape index (κ1) is 17.2. The third-order valence-electron chi connectivity index (χ3n) is 3.12. The van der Waals surface area contributed by atoms with Crippen LogP contribution < -0.4 is 4.74 Å². The maximum absolute atomic E-state index is 11.7. The summed E-state index contributed by atoms with van der Waals surface area (Å²) in [5.41, 5.74) is 2.04. The summed E-state index contributed by atoms with van der Waals surface area (Å²) in [5.74, 6) is 0.328. The molecule has 0 aliphatic rings. The molecule has 1 aromatic rings. The molecule has 1 aromatic carbocycles. The van der Waals surface area contributed by atoms with Crippen molar-refractivity contribution in [2.45, 2.75) is 47.0 Å². The van der Waals surface area contributed by atoms with E-state index < -0.39 is 0 Å². The van der Waals surface area contributed by atoms with Crippen molar-refractivity contribution in [1.29, 1.82) is 0 Å². The second-order valence-corrected chi connectivity index (χ2v) is 5.60. The van der Waals surface area contributed by atoms with E-state index in [1.54, 1.807) is 6.07 Å². The molecule has 0 radical (unpaired) electrons. The Hall–Kier alpha value is -1.84. The Bertz CT molecular complexity index is 492. The summed E-state index contributed by atoms with van der Waals surface area (Å²) in [7, 11) is 0. The fourth-order valence-corrected chi connectivity index (χ4v) is 1.72. The lowest BCUT2D eigenvalue weighted by atomic mass is 10.1. The van der Waals surface area contributed by atoms with E-state index in [0.717, 1.165) is 11.1 Å². The first-order chi connectivity index (χ1) is 9.90. The van der Waals surface area contributed by atoms with Gasteiger partial charge in [0.05, 0.1) is 6.61 Å². The molecular weight excluding hydrogens is 268 g/mol. The first-order valence-corrected chi connectivity index (χ1v) is 7.32. The van der Waals surface area contributed by atoms with Gasteiger partial charge in [0.15, 0.2) is 0 Å². The van der Waals surface area contributed by atoms with E-state index >= 15 is 0 Å². The van der Waals surface area contributed by atoms with Crippen LogP contribution in [0.1, 0.15) is 44.2 Å². The molecule has 0 N–H and O–H groups in total. The molecule has 0 aliphatic carbocycles. The number of ether oxygens (including phenoxy) is 2. The molecule has 0 amide bonds. The number of esters is 2. The van der Waals surface area contributed by atoms with Crippen molar-refractivity contribution in [3.05, 3.63) is 29.3 Å². The molecule has 0 aliphatic heterocycles. The quantitative estimate of drug-likeness (QED) is 0.569. The molecule has 0 saturated heterocycles. The molecule has 0 unspecified atom stereocenters. The molecule has 1 rings (SSSR count). The van der Waals surface area contributed by atoms with Crippen molar-refractivity contribution in [2.24, 2.45) is 5.92 Å². The summed E-state index contributed by atoms with van der Waals surface area (Å²) < 4.78 is 10.4. The SMILES string of the molecule is Cc1cccc(OC(=O)CCCC(=O)OCC(C)C)c1C. The minimum Gasteiger partial charge on any atom is -0.465 e. The van der Waals surface area contributed by atoms with Gasteiger partial charge in [0, 0.05) is 12.8 Å². The van der Waals surface area contributed by atoms with Gasteiger partial charge in [-0.1, -0.05) is 26.0 Å². The Morgan fingerprint density at radius 3 is 2.43 bits per heavy atom. The number of carbonyl (C=O) groups excluding carboxylic acids is 2. The van der Waals surface area contributed by atoms with Gasteiger partial charge in [-0.05, 0) is 43.4 Å². The molecule has 0 atom stereocenters. The van der Waals surface area contributed by atoms with Crippen molar-refractivity contribution in [3.63, 3.8) is 0 Å². The smallest absolute Gasteiger partial charge is 0.311 e. The first-order valence-electron chi connectivity index (χ1n) is 7.32. The Morgan fingerprint density at radius 1 is 1.10 bits per heavy atom. The van der Waals surface area contributed by atoms with Crippen LogP contribution in [0.25, 0.3) is 0 Å². The number of benzene rings is 1. The number of aryl methyl sites for hydroxylation is 1. The van der Waals surface area contributed by atoms with E-state index in [2.05, 4.69) is 0 Å². The largest absolute Gasteiger partial charge is 0.465 e. The lowest BCUT2D eigenvalue weighted by molar-refractivity contribution is -0.145. The van der Waals surface area contributed by atoms with Crippen LogP contribution in [0.3, 0.4) is 0 Å². The average molecular weight is 292 g/mol. The average Bonchev–Trinajstić information content (AvgIpc) is 2.41. The third kappa shape index (κ3) is 6.43. The highest BCUT2D eigenvalue weighted by Crippen LogP contribution is 2.21. The van der Waals surface area contributed by atoms with Gasteiger partial charge in [-0.2, -0.15) is 0 Å². The van der Waals surface area contributed by atoms with E-state index in [9.17, 15) is 9.59 Å². The van der Waals surface area contributed by atoms with E-state index in [4.69, 9.17) is 9.47 Å². The van der Waals surface area contributed by atoms with E-state index in [0.29, 0.717) is 24.7 Å². The lowest BCUT2D eigenvalue weighted by Gasteiger charge is -2.09. The van der Waals surface area contributed by atoms with Gasteiger partial charge >= 0.3 is 11.9 Å². The highest BCUT2D eigenvalue weighted by molar-refractivity contribution is 5.74. The molecule has 0 spiro atoms. The van der Waals surface area contributed by atoms with Crippen LogP contribution in [0.4, 0.5) is 0 Å². The van der Waals surface area contributed by atoms with Crippen LogP contribution >= 0.6 is 0 Å². The van der Waals surface area contributed by atoms with Crippen molar-refractivity contribution in [2.75, 3.05) is 6.61 Å². The van der Waals surface area contributed by atoms with Gasteiger partial charge in [0.1, 0.15) is 5.75 Å². The molecule has 0 heterocycles. The van der Waals surface area contributed by atoms with Gasteiger partial charge in [0.2, 0.25) is 0 Å². The molecule has 0 saturated carbocycles. The monoisotopic (exact) mass is 292 g/mol. The highest BCUT2D eigenvalue weighted by Gasteiger charge is 2.10. The molecular formula is C17H24O4. The standard InChI is InChI=1S/C17H24O4/c1-12(2)11-20-16(18)9-6-10-17(19)21-15-8-5-7-13(3)14(15)4/h5,7-8,12H,6,9-11H2,1-4H3. The van der Waals surface area contributed by atoms with Gasteiger partial charge in [-0.15, -0.1) is 0 Å². The van der Waals surface area contributed by atoms with E-state index in [1.165, 1.54) is 0 Å². The normalized spacial score (nSPS) is 10.5. The van der Waals surface area contributed by atoms with Crippen molar-refractivity contribution < 1.29 is 19.1 Å². The summed E-state index contributed by atoms with van der Waals surface area (Å²) in [6.07, 6.45) is 0.902. The number of hydrogen-bond donors (Lipinski definition) is 0. The van der Waals surface area contributed by atoms with Crippen LogP contribution in [0, 0.1) is 19.8 Å². The number of carbonyl (C=O) groups is 2. The second kappa shape index (κ2) is 8.45. The van der Waals surface area contributed by atoms with E-state index in [-0.39, 0.29) is 24.8 Å². The van der Waals surface area contributed by atoms with Crippen LogP contribution in [-0.2, 0) is 14.3 Å². The van der Waals surface area contributed by atoms with Crippen LogP contribution in [0.5, 0.6) is 5.75 Å². The maximum atomic E-state index is 11.7. The second-order valence-electron chi connectivity index (χ2n) is 5.60. The lowest BCUT2D eigenvalue weighted by Crippen LogP contribution is -2.12. The predicted molar refractivity (Wildman–Crippen MR) is 81.2 cm³/mol. The van der Waals surface area contributed by atoms with Gasteiger partial charge in [-0.25, -0.2) is 0 Å². The van der Waals surface area contributed by atoms with E-state index in [1.807, 2.05) is 39.8 Å². The summed E-state index contributed by atoms with van der Waals surface area (Å²) in [4.78, 5) is 23.2. The minimum atomic E-state index is -0.319. The zero-order valence-electron chi connectivity index (χ0n) is 13.3. The van der Waals surface area contributed by atoms with Crippen molar-refractivity contribution in [1.82, 2.24) is 0 Å². The maximum Gasteiger partial charge on any atom is 0.311 e. The summed E-state index contributed by atoms with van der Waals surface area (Å²) in [5, 5.41) is 0. The molecule has 21 heavy (non-hydrogen) atoms. The minimum absolute atomic E-state index is 0.212. The molecule has 0 bridgehead atoms. The fourth-order valence-electron chi connectivity index (χ4n) is 1.72.